The van der Waals surface area contributed by atoms with Crippen molar-refractivity contribution in [2.45, 2.75) is 26.7 Å². The third kappa shape index (κ3) is 3.61. The van der Waals surface area contributed by atoms with E-state index in [9.17, 15) is 0 Å². The monoisotopic (exact) mass is 220 g/mol. The van der Waals surface area contributed by atoms with Crippen molar-refractivity contribution in [2.75, 3.05) is 14.2 Å². The largest absolute Gasteiger partial charge is 0.501 e. The van der Waals surface area contributed by atoms with Gasteiger partial charge < -0.3 is 9.47 Å². The number of hydrogen-bond donors (Lipinski definition) is 0. The van der Waals surface area contributed by atoms with Crippen molar-refractivity contribution >= 4 is 0 Å². The summed E-state index contributed by atoms with van der Waals surface area (Å²) in [5.41, 5.74) is 2.64. The Bertz CT molecular complexity index is 357. The third-order valence-electron chi connectivity index (χ3n) is 2.77. The van der Waals surface area contributed by atoms with Crippen molar-refractivity contribution in [2.24, 2.45) is 0 Å². The number of hydrogen-bond acceptors (Lipinski definition) is 2. The summed E-state index contributed by atoms with van der Waals surface area (Å²) in [7, 11) is 3.40. The molecule has 88 valence electrons. The Labute approximate surface area is 97.9 Å². The summed E-state index contributed by atoms with van der Waals surface area (Å²) >= 11 is 0. The molecule has 0 aromatic heterocycles. The van der Waals surface area contributed by atoms with E-state index in [0.29, 0.717) is 0 Å². The SMILES string of the molecule is COC1=CC=C(/C(C)=C/C=C(\C)OC)CC1. The van der Waals surface area contributed by atoms with E-state index in [-0.39, 0.29) is 0 Å². The molecule has 0 aliphatic heterocycles. The predicted octanol–water partition coefficient (Wildman–Crippen LogP) is 3.73. The highest BCUT2D eigenvalue weighted by atomic mass is 16.5. The van der Waals surface area contributed by atoms with Gasteiger partial charge in [0.2, 0.25) is 0 Å². The van der Waals surface area contributed by atoms with Gasteiger partial charge in [0.15, 0.2) is 0 Å². The minimum Gasteiger partial charge on any atom is -0.501 e. The Morgan fingerprint density at radius 1 is 1.12 bits per heavy atom. The standard InChI is InChI=1S/C14H20O2/c1-11(5-6-12(2)15-3)13-7-9-14(16-4)10-8-13/h5-7,9H,8,10H2,1-4H3/b11-5+,12-6+. The molecule has 0 fully saturated rings. The summed E-state index contributed by atoms with van der Waals surface area (Å²) in [4.78, 5) is 0. The van der Waals surface area contributed by atoms with Crippen LogP contribution in [0.3, 0.4) is 0 Å². The molecule has 0 bridgehead atoms. The molecule has 0 saturated heterocycles. The Kier molecular flexibility index (Phi) is 4.90. The van der Waals surface area contributed by atoms with Gasteiger partial charge in [-0.25, -0.2) is 0 Å². The maximum absolute atomic E-state index is 5.20. The van der Waals surface area contributed by atoms with Gasteiger partial charge in [0.05, 0.1) is 25.7 Å². The van der Waals surface area contributed by atoms with Gasteiger partial charge in [-0.2, -0.15) is 0 Å². The van der Waals surface area contributed by atoms with Crippen LogP contribution in [0.15, 0.2) is 47.0 Å². The Morgan fingerprint density at radius 3 is 2.38 bits per heavy atom. The molecule has 0 saturated carbocycles. The molecule has 2 heteroatoms. The molecule has 0 spiro atoms. The van der Waals surface area contributed by atoms with Crippen LogP contribution in [-0.4, -0.2) is 14.2 Å². The molecule has 0 unspecified atom stereocenters. The van der Waals surface area contributed by atoms with Crippen LogP contribution in [0.1, 0.15) is 26.7 Å². The zero-order chi connectivity index (χ0) is 12.0. The van der Waals surface area contributed by atoms with Gasteiger partial charge in [0.25, 0.3) is 0 Å². The Balaban J connectivity index is 2.72. The molecular formula is C14H20O2. The topological polar surface area (TPSA) is 18.5 Å². The molecule has 1 aliphatic carbocycles. The van der Waals surface area contributed by atoms with Crippen molar-refractivity contribution in [1.29, 1.82) is 0 Å². The van der Waals surface area contributed by atoms with Crippen molar-refractivity contribution < 1.29 is 9.47 Å². The van der Waals surface area contributed by atoms with Crippen molar-refractivity contribution in [1.82, 2.24) is 0 Å². The Hall–Kier alpha value is -1.44. The molecule has 0 N–H and O–H groups in total. The molecule has 1 rings (SSSR count). The smallest absolute Gasteiger partial charge is 0.0958 e. The second-order valence-corrected chi connectivity index (χ2v) is 3.86. The quantitative estimate of drug-likeness (QED) is 0.531. The lowest BCUT2D eigenvalue weighted by Gasteiger charge is -2.13. The van der Waals surface area contributed by atoms with Crippen LogP contribution in [0.4, 0.5) is 0 Å². The van der Waals surface area contributed by atoms with Crippen molar-refractivity contribution in [3.05, 3.63) is 47.0 Å². The lowest BCUT2D eigenvalue weighted by Crippen LogP contribution is -1.96. The molecule has 0 heterocycles. The van der Waals surface area contributed by atoms with Gasteiger partial charge in [-0.3, -0.25) is 0 Å². The number of allylic oxidation sites excluding steroid dienone is 8. The highest BCUT2D eigenvalue weighted by Gasteiger charge is 2.07. The minimum atomic E-state index is 0.920. The van der Waals surface area contributed by atoms with E-state index in [4.69, 9.17) is 9.47 Å². The Morgan fingerprint density at radius 2 is 1.88 bits per heavy atom. The van der Waals surface area contributed by atoms with E-state index >= 15 is 0 Å². The van der Waals surface area contributed by atoms with Gasteiger partial charge >= 0.3 is 0 Å². The van der Waals surface area contributed by atoms with Crippen LogP contribution in [0.2, 0.25) is 0 Å². The molecular weight excluding hydrogens is 200 g/mol. The van der Waals surface area contributed by atoms with Crippen LogP contribution in [0, 0.1) is 0 Å². The molecule has 1 aliphatic rings. The summed E-state index contributed by atoms with van der Waals surface area (Å²) in [6, 6.07) is 0. The van der Waals surface area contributed by atoms with Crippen molar-refractivity contribution in [3.63, 3.8) is 0 Å². The fourth-order valence-corrected chi connectivity index (χ4v) is 1.53. The lowest BCUT2D eigenvalue weighted by atomic mass is 9.97. The van der Waals surface area contributed by atoms with E-state index in [2.05, 4.69) is 19.1 Å². The fourth-order valence-electron chi connectivity index (χ4n) is 1.53. The summed E-state index contributed by atoms with van der Waals surface area (Å²) in [6.45, 7) is 4.07. The molecule has 0 aromatic carbocycles. The van der Waals surface area contributed by atoms with E-state index in [0.717, 1.165) is 24.4 Å². The van der Waals surface area contributed by atoms with Gasteiger partial charge in [-0.1, -0.05) is 12.2 Å². The molecule has 2 nitrogen and oxygen atoms in total. The second kappa shape index (κ2) is 6.21. The first-order chi connectivity index (χ1) is 7.67. The maximum atomic E-state index is 5.20. The molecule has 0 aromatic rings. The normalized spacial score (nSPS) is 17.8. The molecule has 0 atom stereocenters. The summed E-state index contributed by atoms with van der Waals surface area (Å²) in [5.74, 6) is 1.98. The van der Waals surface area contributed by atoms with E-state index in [1.807, 2.05) is 19.1 Å². The third-order valence-corrected chi connectivity index (χ3v) is 2.77. The van der Waals surface area contributed by atoms with Gasteiger partial charge in [-0.05, 0) is 43.6 Å². The number of ether oxygens (including phenoxy) is 2. The van der Waals surface area contributed by atoms with Crippen LogP contribution in [0.25, 0.3) is 0 Å². The zero-order valence-electron chi connectivity index (χ0n) is 10.5. The van der Waals surface area contributed by atoms with E-state index in [1.165, 1.54) is 11.1 Å². The molecule has 0 radical (unpaired) electrons. The fraction of sp³-hybridized carbons (Fsp3) is 0.429. The van der Waals surface area contributed by atoms with Gasteiger partial charge in [-0.15, -0.1) is 0 Å². The first-order valence-electron chi connectivity index (χ1n) is 5.50. The molecule has 0 amide bonds. The summed E-state index contributed by atoms with van der Waals surface area (Å²) < 4.78 is 10.3. The number of rotatable bonds is 4. The van der Waals surface area contributed by atoms with Crippen LogP contribution in [0.5, 0.6) is 0 Å². The zero-order valence-corrected chi connectivity index (χ0v) is 10.5. The lowest BCUT2D eigenvalue weighted by molar-refractivity contribution is 0.276. The van der Waals surface area contributed by atoms with Crippen LogP contribution in [-0.2, 0) is 9.47 Å². The average Bonchev–Trinajstić information content (AvgIpc) is 2.35. The first kappa shape index (κ1) is 12.6. The minimum absolute atomic E-state index is 0.920. The van der Waals surface area contributed by atoms with Gasteiger partial charge in [0, 0.05) is 6.42 Å². The molecule has 16 heavy (non-hydrogen) atoms. The van der Waals surface area contributed by atoms with E-state index < -0.39 is 0 Å². The van der Waals surface area contributed by atoms with Crippen LogP contribution >= 0.6 is 0 Å². The summed E-state index contributed by atoms with van der Waals surface area (Å²) in [5, 5.41) is 0. The van der Waals surface area contributed by atoms with Crippen LogP contribution < -0.4 is 0 Å². The summed E-state index contributed by atoms with van der Waals surface area (Å²) in [6.07, 6.45) is 10.3. The second-order valence-electron chi connectivity index (χ2n) is 3.86. The maximum Gasteiger partial charge on any atom is 0.0958 e. The van der Waals surface area contributed by atoms with Crippen molar-refractivity contribution in [3.8, 4) is 0 Å². The predicted molar refractivity (Wildman–Crippen MR) is 66.9 cm³/mol. The number of methoxy groups -OCH3 is 2. The highest BCUT2D eigenvalue weighted by molar-refractivity contribution is 5.37. The highest BCUT2D eigenvalue weighted by Crippen LogP contribution is 2.24. The van der Waals surface area contributed by atoms with Gasteiger partial charge in [0.1, 0.15) is 0 Å². The first-order valence-corrected chi connectivity index (χ1v) is 5.50. The average molecular weight is 220 g/mol. The van der Waals surface area contributed by atoms with E-state index in [1.54, 1.807) is 14.2 Å².